The molecule has 0 saturated heterocycles. The molecule has 22 heavy (non-hydrogen) atoms. The Morgan fingerprint density at radius 1 is 1.05 bits per heavy atom. The van der Waals surface area contributed by atoms with E-state index in [9.17, 15) is 9.90 Å². The Bertz CT molecular complexity index is 574. The molecule has 2 nitrogen and oxygen atoms in total. The van der Waals surface area contributed by atoms with Crippen LogP contribution in [0.3, 0.4) is 0 Å². The summed E-state index contributed by atoms with van der Waals surface area (Å²) in [5.41, 5.74) is 2.20. The molecular weight excluding hydrogens is 408 g/mol. The number of carboxylic acid groups (broad SMARTS) is 1. The first-order valence-electron chi connectivity index (χ1n) is 7.13. The van der Waals surface area contributed by atoms with Crippen molar-refractivity contribution in [3.05, 3.63) is 71.8 Å². The van der Waals surface area contributed by atoms with Crippen molar-refractivity contribution in [1.29, 1.82) is 0 Å². The van der Waals surface area contributed by atoms with Gasteiger partial charge in [0.15, 0.2) is 0 Å². The fourth-order valence-corrected chi connectivity index (χ4v) is 4.27. The Balaban J connectivity index is 2.45. The normalized spacial score (nSPS) is 14.3. The van der Waals surface area contributed by atoms with Crippen LogP contribution in [0.2, 0.25) is 0 Å². The molecule has 116 valence electrons. The molecule has 0 aliphatic heterocycles. The molecule has 0 amide bonds. The van der Waals surface area contributed by atoms with Crippen molar-refractivity contribution in [2.75, 3.05) is 0 Å². The number of carboxylic acids is 1. The highest BCUT2D eigenvalue weighted by Crippen LogP contribution is 2.46. The van der Waals surface area contributed by atoms with Crippen molar-refractivity contribution in [1.82, 2.24) is 0 Å². The second-order valence-corrected chi connectivity index (χ2v) is 7.74. The third-order valence-electron chi connectivity index (χ3n) is 3.80. The van der Waals surface area contributed by atoms with Crippen LogP contribution >= 0.6 is 31.9 Å². The molecule has 0 bridgehead atoms. The van der Waals surface area contributed by atoms with Crippen molar-refractivity contribution in [2.45, 2.75) is 22.5 Å². The Morgan fingerprint density at radius 3 is 1.82 bits per heavy atom. The third kappa shape index (κ3) is 3.61. The topological polar surface area (TPSA) is 37.3 Å². The first-order valence-corrected chi connectivity index (χ1v) is 8.84. The van der Waals surface area contributed by atoms with Crippen molar-refractivity contribution in [3.63, 3.8) is 0 Å². The van der Waals surface area contributed by atoms with E-state index in [0.29, 0.717) is 6.42 Å². The standard InChI is InChI=1S/C18H18Br2O2/c1-13(17(21)22)12-16(19)18(20,14-8-4-2-5-9-14)15-10-6-3-7-11-15/h2-11,13,16H,12H2,1H3,(H,21,22). The van der Waals surface area contributed by atoms with Crippen LogP contribution < -0.4 is 0 Å². The lowest BCUT2D eigenvalue weighted by atomic mass is 9.85. The molecule has 2 atom stereocenters. The first-order chi connectivity index (χ1) is 10.5. The number of halogens is 2. The molecule has 2 aromatic rings. The van der Waals surface area contributed by atoms with Crippen LogP contribution in [0, 0.1) is 5.92 Å². The number of hydrogen-bond acceptors (Lipinski definition) is 1. The molecule has 2 rings (SSSR count). The van der Waals surface area contributed by atoms with Gasteiger partial charge in [0, 0.05) is 4.83 Å². The van der Waals surface area contributed by atoms with E-state index in [1.807, 2.05) is 36.4 Å². The van der Waals surface area contributed by atoms with Gasteiger partial charge in [0.05, 0.1) is 10.2 Å². The molecule has 0 saturated carbocycles. The molecule has 4 heteroatoms. The number of alkyl halides is 2. The average Bonchev–Trinajstić information content (AvgIpc) is 2.55. The quantitative estimate of drug-likeness (QED) is 0.645. The molecule has 0 aromatic heterocycles. The summed E-state index contributed by atoms with van der Waals surface area (Å²) in [4.78, 5) is 11.1. The summed E-state index contributed by atoms with van der Waals surface area (Å²) in [6, 6.07) is 20.2. The van der Waals surface area contributed by atoms with E-state index in [2.05, 4.69) is 56.1 Å². The summed E-state index contributed by atoms with van der Waals surface area (Å²) >= 11 is 7.64. The van der Waals surface area contributed by atoms with E-state index in [0.717, 1.165) is 11.1 Å². The third-order valence-corrected chi connectivity index (χ3v) is 6.94. The van der Waals surface area contributed by atoms with E-state index in [-0.39, 0.29) is 4.83 Å². The van der Waals surface area contributed by atoms with E-state index < -0.39 is 16.2 Å². The lowest BCUT2D eigenvalue weighted by molar-refractivity contribution is -0.141. The van der Waals surface area contributed by atoms with Crippen molar-refractivity contribution in [3.8, 4) is 0 Å². The lowest BCUT2D eigenvalue weighted by Crippen LogP contribution is -2.33. The molecular formula is C18H18Br2O2. The van der Waals surface area contributed by atoms with Gasteiger partial charge < -0.3 is 5.11 Å². The number of hydrogen-bond donors (Lipinski definition) is 1. The van der Waals surface area contributed by atoms with Gasteiger partial charge in [0.25, 0.3) is 0 Å². The van der Waals surface area contributed by atoms with Gasteiger partial charge in [0.1, 0.15) is 0 Å². The molecule has 0 heterocycles. The molecule has 2 unspecified atom stereocenters. The zero-order chi connectivity index (χ0) is 16.2. The number of carbonyl (C=O) groups is 1. The highest BCUT2D eigenvalue weighted by molar-refractivity contribution is 9.12. The molecule has 0 fully saturated rings. The predicted octanol–water partition coefficient (Wildman–Crippen LogP) is 5.20. The van der Waals surface area contributed by atoms with E-state index in [1.54, 1.807) is 6.92 Å². The smallest absolute Gasteiger partial charge is 0.306 e. The summed E-state index contributed by atoms with van der Waals surface area (Å²) < 4.78 is -0.473. The molecule has 0 aliphatic rings. The summed E-state index contributed by atoms with van der Waals surface area (Å²) in [5, 5.41) is 9.20. The summed E-state index contributed by atoms with van der Waals surface area (Å²) in [7, 11) is 0. The molecule has 2 aromatic carbocycles. The minimum absolute atomic E-state index is 0.0594. The fraction of sp³-hybridized carbons (Fsp3) is 0.278. The van der Waals surface area contributed by atoms with Crippen LogP contribution in [0.25, 0.3) is 0 Å². The van der Waals surface area contributed by atoms with Gasteiger partial charge in [-0.1, -0.05) is 99.4 Å². The molecule has 0 aliphatic carbocycles. The summed E-state index contributed by atoms with van der Waals surface area (Å²) in [5.74, 6) is -1.20. The van der Waals surface area contributed by atoms with Gasteiger partial charge in [-0.05, 0) is 17.5 Å². The average molecular weight is 426 g/mol. The van der Waals surface area contributed by atoms with Crippen molar-refractivity contribution in [2.24, 2.45) is 5.92 Å². The fourth-order valence-electron chi connectivity index (χ4n) is 2.46. The molecule has 0 spiro atoms. The molecule has 1 N–H and O–H groups in total. The Morgan fingerprint density at radius 2 is 1.45 bits per heavy atom. The zero-order valence-corrected chi connectivity index (χ0v) is 15.4. The second kappa shape index (κ2) is 7.42. The van der Waals surface area contributed by atoms with Crippen LogP contribution in [-0.2, 0) is 9.12 Å². The number of benzene rings is 2. The maximum absolute atomic E-state index is 11.2. The number of rotatable bonds is 6. The van der Waals surface area contributed by atoms with Gasteiger partial charge in [-0.2, -0.15) is 0 Å². The van der Waals surface area contributed by atoms with Crippen LogP contribution in [0.1, 0.15) is 24.5 Å². The maximum Gasteiger partial charge on any atom is 0.306 e. The minimum Gasteiger partial charge on any atom is -0.481 e. The van der Waals surface area contributed by atoms with Crippen LogP contribution in [0.5, 0.6) is 0 Å². The predicted molar refractivity (Wildman–Crippen MR) is 96.7 cm³/mol. The lowest BCUT2D eigenvalue weighted by Gasteiger charge is -2.34. The summed E-state index contributed by atoms with van der Waals surface area (Å²) in [6.07, 6.45) is 0.518. The Labute approximate surface area is 147 Å². The SMILES string of the molecule is CC(CC(Br)C(Br)(c1ccccc1)c1ccccc1)C(=O)O. The van der Waals surface area contributed by atoms with E-state index >= 15 is 0 Å². The molecule has 0 radical (unpaired) electrons. The van der Waals surface area contributed by atoms with Gasteiger partial charge in [-0.3, -0.25) is 4.79 Å². The van der Waals surface area contributed by atoms with E-state index in [1.165, 1.54) is 0 Å². The summed E-state index contributed by atoms with van der Waals surface area (Å²) in [6.45, 7) is 1.74. The van der Waals surface area contributed by atoms with E-state index in [4.69, 9.17) is 0 Å². The monoisotopic (exact) mass is 424 g/mol. The highest BCUT2D eigenvalue weighted by atomic mass is 79.9. The van der Waals surface area contributed by atoms with Crippen LogP contribution in [-0.4, -0.2) is 15.9 Å². The van der Waals surface area contributed by atoms with Crippen molar-refractivity contribution >= 4 is 37.8 Å². The minimum atomic E-state index is -0.777. The zero-order valence-electron chi connectivity index (χ0n) is 12.2. The van der Waals surface area contributed by atoms with Crippen molar-refractivity contribution < 1.29 is 9.90 Å². The largest absolute Gasteiger partial charge is 0.481 e. The van der Waals surface area contributed by atoms with Gasteiger partial charge in [-0.15, -0.1) is 0 Å². The van der Waals surface area contributed by atoms with Crippen LogP contribution in [0.4, 0.5) is 0 Å². The van der Waals surface area contributed by atoms with Gasteiger partial charge >= 0.3 is 5.97 Å². The number of aliphatic carboxylic acids is 1. The Kier molecular flexibility index (Phi) is 5.81. The highest BCUT2D eigenvalue weighted by Gasteiger charge is 2.39. The Hall–Kier alpha value is -1.13. The van der Waals surface area contributed by atoms with Gasteiger partial charge in [-0.25, -0.2) is 0 Å². The van der Waals surface area contributed by atoms with Gasteiger partial charge in [0.2, 0.25) is 0 Å². The van der Waals surface area contributed by atoms with Crippen LogP contribution in [0.15, 0.2) is 60.7 Å². The first kappa shape index (κ1) is 17.2. The maximum atomic E-state index is 11.2. The second-order valence-electron chi connectivity index (χ2n) is 5.39.